The molecule has 4 rings (SSSR count). The first kappa shape index (κ1) is 17.4. The lowest BCUT2D eigenvalue weighted by Gasteiger charge is -2.10. The number of thiophene rings is 1. The second-order valence-electron chi connectivity index (χ2n) is 6.16. The molecule has 3 aromatic heterocycles. The maximum absolute atomic E-state index is 5.57. The number of aryl methyl sites for hydroxylation is 2. The highest BCUT2D eigenvalue weighted by atomic mass is 32.1. The van der Waals surface area contributed by atoms with Crippen LogP contribution in [0.4, 0.5) is 11.5 Å². The lowest BCUT2D eigenvalue weighted by Crippen LogP contribution is -1.98. The third-order valence-corrected chi connectivity index (χ3v) is 5.22. The molecule has 5 nitrogen and oxygen atoms in total. The summed E-state index contributed by atoms with van der Waals surface area (Å²) in [6, 6.07) is 12.1. The molecule has 0 amide bonds. The summed E-state index contributed by atoms with van der Waals surface area (Å²) in [5.74, 6) is 2.42. The quantitative estimate of drug-likeness (QED) is 0.497. The van der Waals surface area contributed by atoms with Gasteiger partial charge in [-0.25, -0.2) is 9.97 Å². The van der Waals surface area contributed by atoms with Gasteiger partial charge in [-0.05, 0) is 50.6 Å². The Bertz CT molecular complexity index is 1070. The Morgan fingerprint density at radius 3 is 2.59 bits per heavy atom. The van der Waals surface area contributed by atoms with E-state index < -0.39 is 0 Å². The number of pyridine rings is 1. The van der Waals surface area contributed by atoms with Gasteiger partial charge in [-0.3, -0.25) is 4.98 Å². The molecular weight excluding hydrogens is 356 g/mol. The molecule has 0 saturated carbocycles. The Balaban J connectivity index is 1.86. The van der Waals surface area contributed by atoms with E-state index in [0.29, 0.717) is 6.61 Å². The first-order valence-corrected chi connectivity index (χ1v) is 9.65. The minimum Gasteiger partial charge on any atom is -0.494 e. The number of nitrogens with one attached hydrogen (secondary N) is 1. The molecule has 0 atom stereocenters. The van der Waals surface area contributed by atoms with E-state index in [0.717, 1.165) is 44.4 Å². The minimum absolute atomic E-state index is 0.659. The van der Waals surface area contributed by atoms with Crippen molar-refractivity contribution in [3.63, 3.8) is 0 Å². The summed E-state index contributed by atoms with van der Waals surface area (Å²) >= 11 is 1.69. The summed E-state index contributed by atoms with van der Waals surface area (Å²) in [6.07, 6.45) is 3.55. The maximum Gasteiger partial charge on any atom is 0.143 e. The zero-order valence-corrected chi connectivity index (χ0v) is 16.3. The molecule has 0 spiro atoms. The molecule has 3 heterocycles. The molecule has 0 unspecified atom stereocenters. The van der Waals surface area contributed by atoms with Crippen molar-refractivity contribution in [2.24, 2.45) is 0 Å². The smallest absolute Gasteiger partial charge is 0.143 e. The summed E-state index contributed by atoms with van der Waals surface area (Å²) in [6.45, 7) is 6.69. The van der Waals surface area contributed by atoms with Gasteiger partial charge < -0.3 is 10.1 Å². The largest absolute Gasteiger partial charge is 0.494 e. The fourth-order valence-corrected chi connectivity index (χ4v) is 4.20. The Labute approximate surface area is 162 Å². The number of rotatable bonds is 5. The molecule has 1 aromatic carbocycles. The van der Waals surface area contributed by atoms with Crippen LogP contribution in [0.25, 0.3) is 21.3 Å². The van der Waals surface area contributed by atoms with Gasteiger partial charge in [-0.2, -0.15) is 0 Å². The highest BCUT2D eigenvalue weighted by Gasteiger charge is 2.18. The van der Waals surface area contributed by atoms with Gasteiger partial charge in [0, 0.05) is 16.6 Å². The fraction of sp³-hybridized carbons (Fsp3) is 0.190. The number of anilines is 2. The van der Waals surface area contributed by atoms with Crippen LogP contribution in [0.15, 0.2) is 48.8 Å². The first-order chi connectivity index (χ1) is 13.2. The van der Waals surface area contributed by atoms with Crippen LogP contribution in [0, 0.1) is 13.8 Å². The van der Waals surface area contributed by atoms with Crippen molar-refractivity contribution < 1.29 is 4.74 Å². The third-order valence-electron chi connectivity index (χ3n) is 4.22. The standard InChI is InChI=1S/C21H20N4OS/c1-4-26-17-9-7-15(8-10-17)18-13(2)27-21-19(18)20(23-14(3)24-21)25-16-6-5-11-22-12-16/h5-12H,4H2,1-3H3,(H,23,24,25). The summed E-state index contributed by atoms with van der Waals surface area (Å²) in [5.41, 5.74) is 3.19. The van der Waals surface area contributed by atoms with Gasteiger partial charge in [0.1, 0.15) is 22.2 Å². The van der Waals surface area contributed by atoms with Crippen LogP contribution >= 0.6 is 11.3 Å². The van der Waals surface area contributed by atoms with E-state index in [1.165, 1.54) is 4.88 Å². The summed E-state index contributed by atoms with van der Waals surface area (Å²) in [7, 11) is 0. The molecule has 0 bridgehead atoms. The van der Waals surface area contributed by atoms with Crippen molar-refractivity contribution in [3.8, 4) is 16.9 Å². The molecule has 0 fully saturated rings. The van der Waals surface area contributed by atoms with E-state index in [1.807, 2.05) is 38.1 Å². The van der Waals surface area contributed by atoms with E-state index in [4.69, 9.17) is 4.74 Å². The van der Waals surface area contributed by atoms with Crippen molar-refractivity contribution in [1.82, 2.24) is 15.0 Å². The average Bonchev–Trinajstić information content (AvgIpc) is 2.99. The van der Waals surface area contributed by atoms with Crippen LogP contribution in [-0.4, -0.2) is 21.6 Å². The van der Waals surface area contributed by atoms with Crippen molar-refractivity contribution in [2.45, 2.75) is 20.8 Å². The minimum atomic E-state index is 0.659. The molecule has 0 aliphatic heterocycles. The lowest BCUT2D eigenvalue weighted by molar-refractivity contribution is 0.340. The zero-order chi connectivity index (χ0) is 18.8. The number of ether oxygens (including phenoxy) is 1. The Hall–Kier alpha value is -2.99. The van der Waals surface area contributed by atoms with Crippen molar-refractivity contribution >= 4 is 33.1 Å². The van der Waals surface area contributed by atoms with Crippen LogP contribution < -0.4 is 10.1 Å². The molecule has 136 valence electrons. The molecule has 0 saturated heterocycles. The van der Waals surface area contributed by atoms with Crippen LogP contribution in [0.1, 0.15) is 17.6 Å². The van der Waals surface area contributed by atoms with Crippen LogP contribution in [-0.2, 0) is 0 Å². The van der Waals surface area contributed by atoms with Gasteiger partial charge >= 0.3 is 0 Å². The monoisotopic (exact) mass is 376 g/mol. The summed E-state index contributed by atoms with van der Waals surface area (Å²) < 4.78 is 5.57. The molecule has 4 aromatic rings. The number of nitrogens with zero attached hydrogens (tertiary/aromatic N) is 3. The second kappa shape index (κ2) is 7.32. The lowest BCUT2D eigenvalue weighted by atomic mass is 10.0. The van der Waals surface area contributed by atoms with Crippen molar-refractivity contribution in [2.75, 3.05) is 11.9 Å². The van der Waals surface area contributed by atoms with E-state index in [2.05, 4.69) is 39.3 Å². The highest BCUT2D eigenvalue weighted by Crippen LogP contribution is 2.41. The molecule has 0 aliphatic carbocycles. The van der Waals surface area contributed by atoms with Gasteiger partial charge in [0.05, 0.1) is 23.9 Å². The maximum atomic E-state index is 5.57. The molecular formula is C21H20N4OS. The molecule has 0 radical (unpaired) electrons. The van der Waals surface area contributed by atoms with Gasteiger partial charge in [0.15, 0.2) is 0 Å². The number of hydrogen-bond acceptors (Lipinski definition) is 6. The summed E-state index contributed by atoms with van der Waals surface area (Å²) in [4.78, 5) is 15.7. The predicted octanol–water partition coefficient (Wildman–Crippen LogP) is 5.51. The highest BCUT2D eigenvalue weighted by molar-refractivity contribution is 7.19. The molecule has 0 aliphatic rings. The van der Waals surface area contributed by atoms with Gasteiger partial charge in [0.2, 0.25) is 0 Å². The van der Waals surface area contributed by atoms with E-state index in [1.54, 1.807) is 23.7 Å². The Morgan fingerprint density at radius 1 is 1.07 bits per heavy atom. The fourth-order valence-electron chi connectivity index (χ4n) is 3.11. The molecule has 1 N–H and O–H groups in total. The Kier molecular flexibility index (Phi) is 4.73. The Morgan fingerprint density at radius 2 is 1.89 bits per heavy atom. The van der Waals surface area contributed by atoms with Gasteiger partial charge in [0.25, 0.3) is 0 Å². The van der Waals surface area contributed by atoms with Crippen LogP contribution in [0.3, 0.4) is 0 Å². The van der Waals surface area contributed by atoms with Gasteiger partial charge in [-0.1, -0.05) is 12.1 Å². The van der Waals surface area contributed by atoms with Crippen LogP contribution in [0.5, 0.6) is 5.75 Å². The molecule has 27 heavy (non-hydrogen) atoms. The van der Waals surface area contributed by atoms with Crippen molar-refractivity contribution in [1.29, 1.82) is 0 Å². The summed E-state index contributed by atoms with van der Waals surface area (Å²) in [5, 5.41) is 4.45. The van der Waals surface area contributed by atoms with E-state index in [-0.39, 0.29) is 0 Å². The predicted molar refractivity (Wildman–Crippen MR) is 111 cm³/mol. The number of aromatic nitrogens is 3. The van der Waals surface area contributed by atoms with Crippen LogP contribution in [0.2, 0.25) is 0 Å². The second-order valence-corrected chi connectivity index (χ2v) is 7.36. The van der Waals surface area contributed by atoms with Gasteiger partial charge in [-0.15, -0.1) is 11.3 Å². The van der Waals surface area contributed by atoms with E-state index in [9.17, 15) is 0 Å². The topological polar surface area (TPSA) is 59.9 Å². The zero-order valence-electron chi connectivity index (χ0n) is 15.5. The molecule has 6 heteroatoms. The van der Waals surface area contributed by atoms with E-state index >= 15 is 0 Å². The normalized spacial score (nSPS) is 10.9. The van der Waals surface area contributed by atoms with Crippen molar-refractivity contribution in [3.05, 3.63) is 59.5 Å². The third kappa shape index (κ3) is 3.48. The first-order valence-electron chi connectivity index (χ1n) is 8.83. The average molecular weight is 376 g/mol. The SMILES string of the molecule is CCOc1ccc(-c2c(C)sc3nc(C)nc(Nc4cccnc4)c23)cc1. The number of hydrogen-bond donors (Lipinski definition) is 1. The number of benzene rings is 1. The number of fused-ring (bicyclic) bond motifs is 1.